The van der Waals surface area contributed by atoms with E-state index in [1.54, 1.807) is 0 Å². The maximum atomic E-state index is 11.2. The van der Waals surface area contributed by atoms with Crippen molar-refractivity contribution in [2.24, 2.45) is 0 Å². The van der Waals surface area contributed by atoms with E-state index in [9.17, 15) is 50.8 Å². The number of carbonyl (C=O) groups is 1. The van der Waals surface area contributed by atoms with Crippen LogP contribution in [0.2, 0.25) is 0 Å². The van der Waals surface area contributed by atoms with Crippen molar-refractivity contribution in [3.63, 3.8) is 0 Å². The highest BCUT2D eigenvalue weighted by molar-refractivity contribution is 5.56. The maximum absolute atomic E-state index is 11.2. The van der Waals surface area contributed by atoms with Gasteiger partial charge in [0, 0.05) is 0 Å². The summed E-state index contributed by atoms with van der Waals surface area (Å²) >= 11 is 0. The molecule has 43 heavy (non-hydrogen) atoms. The average Bonchev–Trinajstić information content (AvgIpc) is 3.46. The predicted molar refractivity (Wildman–Crippen MR) is 128 cm³/mol. The fraction of sp³-hybridized carbons (Fsp3) is 0.958. The molecule has 5 aliphatic rings. The number of hydrogen-bond acceptors (Lipinski definition) is 19. The highest BCUT2D eigenvalue weighted by Gasteiger charge is 2.58. The predicted octanol–water partition coefficient (Wildman–Crippen LogP) is -7.81. The molecular formula is C24H38O19. The van der Waals surface area contributed by atoms with E-state index in [1.165, 1.54) is 0 Å². The highest BCUT2D eigenvalue weighted by Crippen LogP contribution is 2.37. The number of aliphatic hydroxyl groups is 10. The van der Waals surface area contributed by atoms with Gasteiger partial charge < -0.3 is 93.8 Å². The molecule has 5 heterocycles. The first-order valence-corrected chi connectivity index (χ1v) is 13.8. The summed E-state index contributed by atoms with van der Waals surface area (Å²) in [6, 6.07) is 0. The summed E-state index contributed by atoms with van der Waals surface area (Å²) in [4.78, 5) is 11.2. The molecule has 5 fully saturated rings. The molecule has 19 nitrogen and oxygen atoms in total. The average molecular weight is 631 g/mol. The highest BCUT2D eigenvalue weighted by atomic mass is 16.8. The van der Waals surface area contributed by atoms with Gasteiger partial charge in [-0.05, 0) is 0 Å². The van der Waals surface area contributed by atoms with Gasteiger partial charge in [0.15, 0.2) is 25.2 Å². The monoisotopic (exact) mass is 630 g/mol. The zero-order chi connectivity index (χ0) is 31.2. The molecule has 0 aromatic rings. The van der Waals surface area contributed by atoms with Crippen LogP contribution in [0, 0.1) is 0 Å². The lowest BCUT2D eigenvalue weighted by Gasteiger charge is -2.46. The zero-order valence-electron chi connectivity index (χ0n) is 22.5. The van der Waals surface area contributed by atoms with Crippen LogP contribution in [0.5, 0.6) is 0 Å². The van der Waals surface area contributed by atoms with E-state index in [1.807, 2.05) is 0 Å². The standard InChI is InChI=1S/C24H38O19/c25-1-6(28)11(30)17(7(29)2-26)41-24-16(35)21-18(10(40-24)5-37-21)42-23-15(34)20(12(31)8(3-27)38-23)43-22-14(33)19-13(32)9(39-22)4-36-19/h2,6-25,27-35H,1,3-5H2/t6-,7+,8-,9-,10-,11+,12+,13+,14-,15-,16-,17-,18+,19+,20+,21-,22-,23+,24-/m1/s1. The molecule has 0 amide bonds. The van der Waals surface area contributed by atoms with Crippen LogP contribution < -0.4 is 0 Å². The first-order valence-electron chi connectivity index (χ1n) is 13.8. The van der Waals surface area contributed by atoms with Gasteiger partial charge in [-0.2, -0.15) is 0 Å². The van der Waals surface area contributed by atoms with Crippen LogP contribution in [0.3, 0.4) is 0 Å². The van der Waals surface area contributed by atoms with Crippen molar-refractivity contribution in [3.8, 4) is 0 Å². The Hall–Kier alpha value is -1.05. The van der Waals surface area contributed by atoms with Gasteiger partial charge in [-0.15, -0.1) is 0 Å². The van der Waals surface area contributed by atoms with Crippen molar-refractivity contribution in [3.05, 3.63) is 0 Å². The minimum atomic E-state index is -1.97. The van der Waals surface area contributed by atoms with Crippen molar-refractivity contribution in [2.75, 3.05) is 26.4 Å². The van der Waals surface area contributed by atoms with E-state index < -0.39 is 130 Å². The molecule has 0 radical (unpaired) electrons. The largest absolute Gasteiger partial charge is 0.394 e. The van der Waals surface area contributed by atoms with Gasteiger partial charge in [-0.3, -0.25) is 0 Å². The molecule has 5 rings (SSSR count). The van der Waals surface area contributed by atoms with E-state index in [4.69, 9.17) is 43.0 Å². The summed E-state index contributed by atoms with van der Waals surface area (Å²) in [5, 5.41) is 102. The third-order valence-electron chi connectivity index (χ3n) is 8.25. The number of aldehydes is 1. The molecule has 0 spiro atoms. The number of hydrogen-bond donors (Lipinski definition) is 10. The fourth-order valence-corrected chi connectivity index (χ4v) is 5.82. The minimum Gasteiger partial charge on any atom is -0.394 e. The Morgan fingerprint density at radius 1 is 0.721 bits per heavy atom. The minimum absolute atomic E-state index is 0.0139. The lowest BCUT2D eigenvalue weighted by molar-refractivity contribution is -0.367. The van der Waals surface area contributed by atoms with E-state index >= 15 is 0 Å². The first-order chi connectivity index (χ1) is 20.5. The maximum Gasteiger partial charge on any atom is 0.187 e. The summed E-state index contributed by atoms with van der Waals surface area (Å²) in [7, 11) is 0. The fourth-order valence-electron chi connectivity index (χ4n) is 5.82. The molecule has 10 N–H and O–H groups in total. The lowest BCUT2D eigenvalue weighted by Crippen LogP contribution is -2.65. The molecule has 0 aliphatic carbocycles. The van der Waals surface area contributed by atoms with Gasteiger partial charge in [-0.1, -0.05) is 0 Å². The van der Waals surface area contributed by atoms with Gasteiger partial charge in [0.05, 0.1) is 26.4 Å². The quantitative estimate of drug-likeness (QED) is 0.0895. The Morgan fingerprint density at radius 2 is 1.33 bits per heavy atom. The van der Waals surface area contributed by atoms with E-state index in [0.717, 1.165) is 0 Å². The second-order valence-electron chi connectivity index (χ2n) is 11.0. The topological polar surface area (TPSA) is 293 Å². The van der Waals surface area contributed by atoms with Gasteiger partial charge in [0.25, 0.3) is 0 Å². The third kappa shape index (κ3) is 6.35. The number of rotatable bonds is 12. The Bertz CT molecular complexity index is 929. The van der Waals surface area contributed by atoms with Crippen LogP contribution >= 0.6 is 0 Å². The Labute approximate surface area is 243 Å². The molecule has 0 unspecified atom stereocenters. The molecule has 5 saturated heterocycles. The number of carbonyl (C=O) groups excluding carboxylic acids is 1. The number of aliphatic hydroxyl groups excluding tert-OH is 10. The lowest BCUT2D eigenvalue weighted by atomic mass is 9.97. The molecule has 0 saturated carbocycles. The zero-order valence-corrected chi connectivity index (χ0v) is 22.5. The second-order valence-corrected chi connectivity index (χ2v) is 11.0. The van der Waals surface area contributed by atoms with Crippen LogP contribution in [0.1, 0.15) is 0 Å². The Balaban J connectivity index is 1.26. The van der Waals surface area contributed by atoms with Crippen LogP contribution in [0.4, 0.5) is 0 Å². The number of fused-ring (bicyclic) bond motifs is 4. The van der Waals surface area contributed by atoms with E-state index in [2.05, 4.69) is 0 Å². The first kappa shape index (κ1) is 33.3. The van der Waals surface area contributed by atoms with E-state index in [-0.39, 0.29) is 19.5 Å². The molecule has 0 aromatic heterocycles. The SMILES string of the molecule is O=C[C@H](O)[C@@H](O[C@H]1O[C@@H]2CO[C@H]([C@H]1O)[C@H]2O[C@@H]1O[C@H](CO)[C@H](O)[C@H](O[C@H]2O[C@@H]3CO[C@@H]([C@H]3O)[C@H]2O)[C@H]1O)[C@@H](O)[C@H](O)CO. The van der Waals surface area contributed by atoms with Crippen molar-refractivity contribution in [1.29, 1.82) is 0 Å². The summed E-state index contributed by atoms with van der Waals surface area (Å²) in [6.45, 7) is -1.84. The smallest absolute Gasteiger partial charge is 0.187 e. The van der Waals surface area contributed by atoms with E-state index in [0.29, 0.717) is 0 Å². The van der Waals surface area contributed by atoms with Gasteiger partial charge in [0.2, 0.25) is 0 Å². The molecule has 0 aromatic carbocycles. The van der Waals surface area contributed by atoms with Crippen molar-refractivity contribution in [1.82, 2.24) is 0 Å². The molecule has 5 aliphatic heterocycles. The van der Waals surface area contributed by atoms with Gasteiger partial charge in [0.1, 0.15) is 97.7 Å². The van der Waals surface area contributed by atoms with Crippen LogP contribution in [0.15, 0.2) is 0 Å². The summed E-state index contributed by atoms with van der Waals surface area (Å²) in [6.07, 6.45) is -27.9. The summed E-state index contributed by atoms with van der Waals surface area (Å²) in [5.41, 5.74) is 0. The Kier molecular flexibility index (Phi) is 10.7. The second kappa shape index (κ2) is 13.7. The van der Waals surface area contributed by atoms with Crippen molar-refractivity contribution in [2.45, 2.75) is 117 Å². The molecule has 4 bridgehead atoms. The summed E-state index contributed by atoms with van der Waals surface area (Å²) in [5.74, 6) is 0. The molecule has 248 valence electrons. The van der Waals surface area contributed by atoms with Crippen LogP contribution in [-0.4, -0.2) is 200 Å². The number of ether oxygens (including phenoxy) is 8. The normalized spacial score (nSPS) is 48.9. The van der Waals surface area contributed by atoms with Crippen molar-refractivity contribution >= 4 is 6.29 Å². The molecule has 19 atom stereocenters. The van der Waals surface area contributed by atoms with Crippen LogP contribution in [0.25, 0.3) is 0 Å². The molecule has 19 heteroatoms. The third-order valence-corrected chi connectivity index (χ3v) is 8.25. The van der Waals surface area contributed by atoms with Crippen molar-refractivity contribution < 1.29 is 93.8 Å². The van der Waals surface area contributed by atoms with Crippen LogP contribution in [-0.2, 0) is 42.7 Å². The Morgan fingerprint density at radius 3 is 2.00 bits per heavy atom. The van der Waals surface area contributed by atoms with Gasteiger partial charge in [-0.25, -0.2) is 0 Å². The molecular weight excluding hydrogens is 592 g/mol. The summed E-state index contributed by atoms with van der Waals surface area (Å²) < 4.78 is 44.7. The van der Waals surface area contributed by atoms with Gasteiger partial charge >= 0.3 is 0 Å².